The summed E-state index contributed by atoms with van der Waals surface area (Å²) >= 11 is 0. The first kappa shape index (κ1) is 13.1. The number of Topliss-reactive ketones (excluding diaryl/α,β-unsaturated/α-hetero) is 1. The fraction of sp³-hybridized carbons (Fsp3) is 0.600. The van der Waals surface area contributed by atoms with Gasteiger partial charge in [0.1, 0.15) is 5.69 Å². The lowest BCUT2D eigenvalue weighted by atomic mass is 10.1. The van der Waals surface area contributed by atoms with Crippen molar-refractivity contribution in [2.24, 2.45) is 0 Å². The monoisotopic (exact) mass is 246 g/mol. The summed E-state index contributed by atoms with van der Waals surface area (Å²) in [6.45, 7) is 6.37. The molecule has 2 unspecified atom stereocenters. The molecule has 0 spiro atoms. The second kappa shape index (κ2) is 5.51. The van der Waals surface area contributed by atoms with Crippen LogP contribution in [0.4, 0.5) is 5.69 Å². The number of hydrogen-bond donors (Lipinski definition) is 0. The minimum Gasteiger partial charge on any atom is -0.365 e. The molecule has 3 heteroatoms. The zero-order valence-corrected chi connectivity index (χ0v) is 11.5. The van der Waals surface area contributed by atoms with E-state index >= 15 is 0 Å². The van der Waals surface area contributed by atoms with Crippen molar-refractivity contribution < 1.29 is 4.79 Å². The lowest BCUT2D eigenvalue weighted by Crippen LogP contribution is -2.34. The van der Waals surface area contributed by atoms with Crippen LogP contribution in [0.25, 0.3) is 0 Å². The van der Waals surface area contributed by atoms with Crippen molar-refractivity contribution in [3.63, 3.8) is 0 Å². The Kier molecular flexibility index (Phi) is 4.00. The standard InChI is InChI=1S/C15H22N2O/c1-4-12-7-6-11(3)17(12)13-8-9-14(16-10-13)15(18)5-2/h8-12H,4-7H2,1-3H3. The van der Waals surface area contributed by atoms with Crippen molar-refractivity contribution in [2.75, 3.05) is 4.90 Å². The molecule has 1 aromatic rings. The highest BCUT2D eigenvalue weighted by Crippen LogP contribution is 2.31. The summed E-state index contributed by atoms with van der Waals surface area (Å²) in [6, 6.07) is 5.10. The molecule has 0 amide bonds. The highest BCUT2D eigenvalue weighted by molar-refractivity contribution is 5.94. The van der Waals surface area contributed by atoms with Crippen molar-refractivity contribution >= 4 is 11.5 Å². The highest BCUT2D eigenvalue weighted by Gasteiger charge is 2.29. The van der Waals surface area contributed by atoms with Crippen LogP contribution in [0.1, 0.15) is 56.9 Å². The first-order chi connectivity index (χ1) is 8.67. The van der Waals surface area contributed by atoms with Gasteiger partial charge in [0.15, 0.2) is 5.78 Å². The number of aromatic nitrogens is 1. The van der Waals surface area contributed by atoms with Gasteiger partial charge in [-0.05, 0) is 38.3 Å². The second-order valence-electron chi connectivity index (χ2n) is 5.07. The molecule has 2 atom stereocenters. The number of hydrogen-bond acceptors (Lipinski definition) is 3. The molecule has 0 radical (unpaired) electrons. The molecular weight excluding hydrogens is 224 g/mol. The third-order valence-corrected chi connectivity index (χ3v) is 3.91. The van der Waals surface area contributed by atoms with Crippen LogP contribution in [0, 0.1) is 0 Å². The van der Waals surface area contributed by atoms with Crippen molar-refractivity contribution in [3.05, 3.63) is 24.0 Å². The van der Waals surface area contributed by atoms with Crippen LogP contribution in [0.5, 0.6) is 0 Å². The lowest BCUT2D eigenvalue weighted by Gasteiger charge is -2.30. The predicted octanol–water partition coefficient (Wildman–Crippen LogP) is 3.44. The van der Waals surface area contributed by atoms with E-state index < -0.39 is 0 Å². The molecule has 1 fully saturated rings. The summed E-state index contributed by atoms with van der Waals surface area (Å²) in [5.41, 5.74) is 1.74. The minimum atomic E-state index is 0.114. The maximum Gasteiger partial charge on any atom is 0.180 e. The number of carbonyl (C=O) groups excluding carboxylic acids is 1. The zero-order chi connectivity index (χ0) is 13.1. The Morgan fingerprint density at radius 1 is 1.39 bits per heavy atom. The van der Waals surface area contributed by atoms with Crippen molar-refractivity contribution in [1.29, 1.82) is 0 Å². The Hall–Kier alpha value is -1.38. The van der Waals surface area contributed by atoms with Crippen molar-refractivity contribution in [2.45, 2.75) is 58.5 Å². The largest absolute Gasteiger partial charge is 0.365 e. The number of rotatable bonds is 4. The van der Waals surface area contributed by atoms with Gasteiger partial charge in [-0.1, -0.05) is 13.8 Å². The van der Waals surface area contributed by atoms with Crippen LogP contribution in [0.2, 0.25) is 0 Å². The predicted molar refractivity (Wildman–Crippen MR) is 74.1 cm³/mol. The lowest BCUT2D eigenvalue weighted by molar-refractivity contribution is 0.0983. The number of anilines is 1. The average molecular weight is 246 g/mol. The Bertz CT molecular complexity index is 413. The smallest absolute Gasteiger partial charge is 0.180 e. The molecule has 0 aromatic carbocycles. The number of carbonyl (C=O) groups is 1. The molecule has 1 aliphatic rings. The van der Waals surface area contributed by atoms with Gasteiger partial charge in [-0.25, -0.2) is 0 Å². The maximum atomic E-state index is 11.6. The quantitative estimate of drug-likeness (QED) is 0.763. The molecule has 0 saturated carbocycles. The summed E-state index contributed by atoms with van der Waals surface area (Å²) < 4.78 is 0. The van der Waals surface area contributed by atoms with E-state index in [1.807, 2.05) is 25.3 Å². The molecule has 2 rings (SSSR count). The fourth-order valence-electron chi connectivity index (χ4n) is 2.82. The molecule has 1 saturated heterocycles. The summed E-state index contributed by atoms with van der Waals surface area (Å²) in [5, 5.41) is 0. The van der Waals surface area contributed by atoms with Gasteiger partial charge in [0.25, 0.3) is 0 Å². The van der Waals surface area contributed by atoms with E-state index in [1.165, 1.54) is 19.3 Å². The van der Waals surface area contributed by atoms with Crippen LogP contribution in [-0.2, 0) is 0 Å². The van der Waals surface area contributed by atoms with Gasteiger partial charge in [-0.2, -0.15) is 0 Å². The molecule has 1 aromatic heterocycles. The Balaban J connectivity index is 2.20. The normalized spacial score (nSPS) is 23.4. The van der Waals surface area contributed by atoms with Crippen LogP contribution < -0.4 is 4.90 Å². The first-order valence-electron chi connectivity index (χ1n) is 6.95. The van der Waals surface area contributed by atoms with Gasteiger partial charge >= 0.3 is 0 Å². The maximum absolute atomic E-state index is 11.6. The number of pyridine rings is 1. The van der Waals surface area contributed by atoms with E-state index in [2.05, 4.69) is 23.7 Å². The highest BCUT2D eigenvalue weighted by atomic mass is 16.1. The molecule has 3 nitrogen and oxygen atoms in total. The van der Waals surface area contributed by atoms with Gasteiger partial charge in [0, 0.05) is 18.5 Å². The summed E-state index contributed by atoms with van der Waals surface area (Å²) in [4.78, 5) is 18.3. The third kappa shape index (κ3) is 2.40. The first-order valence-corrected chi connectivity index (χ1v) is 6.95. The molecule has 1 aliphatic heterocycles. The zero-order valence-electron chi connectivity index (χ0n) is 11.5. The van der Waals surface area contributed by atoms with E-state index in [-0.39, 0.29) is 5.78 Å². The van der Waals surface area contributed by atoms with Gasteiger partial charge in [0.2, 0.25) is 0 Å². The second-order valence-corrected chi connectivity index (χ2v) is 5.07. The Morgan fingerprint density at radius 3 is 2.72 bits per heavy atom. The van der Waals surface area contributed by atoms with Crippen LogP contribution in [0.3, 0.4) is 0 Å². The van der Waals surface area contributed by atoms with Crippen molar-refractivity contribution in [3.8, 4) is 0 Å². The number of ketones is 1. The van der Waals surface area contributed by atoms with E-state index in [0.29, 0.717) is 24.2 Å². The molecule has 18 heavy (non-hydrogen) atoms. The van der Waals surface area contributed by atoms with Crippen LogP contribution in [-0.4, -0.2) is 22.9 Å². The van der Waals surface area contributed by atoms with Gasteiger partial charge in [-0.15, -0.1) is 0 Å². The fourth-order valence-corrected chi connectivity index (χ4v) is 2.82. The average Bonchev–Trinajstić information content (AvgIpc) is 2.79. The van der Waals surface area contributed by atoms with E-state index in [0.717, 1.165) is 5.69 Å². The third-order valence-electron chi connectivity index (χ3n) is 3.91. The summed E-state index contributed by atoms with van der Waals surface area (Å²) in [6.07, 6.45) is 6.04. The molecule has 0 N–H and O–H groups in total. The van der Waals surface area contributed by atoms with Gasteiger partial charge in [-0.3, -0.25) is 9.78 Å². The Labute approximate surface area is 109 Å². The van der Waals surface area contributed by atoms with Crippen LogP contribution in [0.15, 0.2) is 18.3 Å². The minimum absolute atomic E-state index is 0.114. The number of nitrogens with zero attached hydrogens (tertiary/aromatic N) is 2. The van der Waals surface area contributed by atoms with Crippen molar-refractivity contribution in [1.82, 2.24) is 4.98 Å². The molecule has 0 bridgehead atoms. The van der Waals surface area contributed by atoms with E-state index in [1.54, 1.807) is 0 Å². The van der Waals surface area contributed by atoms with Crippen LogP contribution >= 0.6 is 0 Å². The molecule has 2 heterocycles. The molecule has 98 valence electrons. The molecule has 0 aliphatic carbocycles. The Morgan fingerprint density at radius 2 is 2.17 bits per heavy atom. The van der Waals surface area contributed by atoms with Gasteiger partial charge in [0.05, 0.1) is 11.9 Å². The SMILES string of the molecule is CCC(=O)c1ccc(N2C(C)CCC2CC)cn1. The van der Waals surface area contributed by atoms with E-state index in [9.17, 15) is 4.79 Å². The molecular formula is C15H22N2O. The topological polar surface area (TPSA) is 33.2 Å². The summed E-state index contributed by atoms with van der Waals surface area (Å²) in [5.74, 6) is 0.114. The van der Waals surface area contributed by atoms with E-state index in [4.69, 9.17) is 0 Å². The summed E-state index contributed by atoms with van der Waals surface area (Å²) in [7, 11) is 0. The van der Waals surface area contributed by atoms with Gasteiger partial charge < -0.3 is 4.90 Å².